The third-order valence-electron chi connectivity index (χ3n) is 22.7. The van der Waals surface area contributed by atoms with E-state index in [4.69, 9.17) is 33.7 Å². The molecule has 10 aromatic carbocycles. The van der Waals surface area contributed by atoms with E-state index in [1.165, 1.54) is 60.4 Å². The van der Waals surface area contributed by atoms with Crippen molar-refractivity contribution in [3.05, 3.63) is 369 Å². The number of nitro groups is 3. The van der Waals surface area contributed by atoms with Gasteiger partial charge in [-0.2, -0.15) is 11.8 Å². The molecule has 7 amide bonds. The van der Waals surface area contributed by atoms with Gasteiger partial charge in [-0.15, -0.1) is 0 Å². The minimum absolute atomic E-state index is 0.00458. The maximum absolute atomic E-state index is 14.6. The molecule has 0 bridgehead atoms. The van der Waals surface area contributed by atoms with Gasteiger partial charge in [0.15, 0.2) is 0 Å². The number of carbonyl (C=O) groups is 9. The second kappa shape index (κ2) is 58.9. The number of ether oxygens (including phenoxy) is 5. The van der Waals surface area contributed by atoms with E-state index < -0.39 is 122 Å². The predicted molar refractivity (Wildman–Crippen MR) is 572 cm³/mol. The molecule has 0 aliphatic carbocycles. The van der Waals surface area contributed by atoms with Crippen molar-refractivity contribution in [2.75, 3.05) is 18.6 Å². The molecule has 0 saturated heterocycles. The Hall–Kier alpha value is -15.9. The molecule has 148 heavy (non-hydrogen) atoms. The van der Waals surface area contributed by atoms with Gasteiger partial charge in [0.2, 0.25) is 17.7 Å². The number of nitrogens with one attached hydrogen (secondary N) is 7. The highest BCUT2D eigenvalue weighted by atomic mass is 32.2. The summed E-state index contributed by atoms with van der Waals surface area (Å²) < 4.78 is 27.0. The van der Waals surface area contributed by atoms with Crippen LogP contribution in [0.15, 0.2) is 271 Å². The lowest BCUT2D eigenvalue weighted by Crippen LogP contribution is -2.59. The van der Waals surface area contributed by atoms with Crippen molar-refractivity contribution in [1.29, 1.82) is 0 Å². The molecule has 786 valence electrons. The van der Waals surface area contributed by atoms with Gasteiger partial charge >= 0.3 is 36.3 Å². The largest absolute Gasteiger partial charge is 0.444 e. The number of hydrogen-bond acceptors (Lipinski definition) is 25. The third-order valence-corrected chi connectivity index (χ3v) is 23.4. The Morgan fingerprint density at radius 1 is 0.399 bits per heavy atom. The molecule has 0 aliphatic heterocycles. The van der Waals surface area contributed by atoms with E-state index in [0.717, 1.165) is 63.1 Å². The lowest BCUT2D eigenvalue weighted by Gasteiger charge is -2.28. The summed E-state index contributed by atoms with van der Waals surface area (Å²) in [6.07, 6.45) is 4.41. The van der Waals surface area contributed by atoms with Crippen molar-refractivity contribution in [1.82, 2.24) is 37.2 Å². The Kier molecular flexibility index (Phi) is 47.3. The molecule has 2 unspecified atom stereocenters. The van der Waals surface area contributed by atoms with Gasteiger partial charge in [-0.1, -0.05) is 250 Å². The summed E-state index contributed by atoms with van der Waals surface area (Å²) in [5.74, 6) is -2.79. The van der Waals surface area contributed by atoms with Gasteiger partial charge in [0.05, 0.1) is 20.8 Å². The Balaban J connectivity index is 0.000000311. The highest BCUT2D eigenvalue weighted by Crippen LogP contribution is 2.29. The van der Waals surface area contributed by atoms with Gasteiger partial charge < -0.3 is 70.9 Å². The number of alkyl carbamates (subject to hydrolysis) is 3. The van der Waals surface area contributed by atoms with Gasteiger partial charge in [0, 0.05) is 83.6 Å². The standard InChI is InChI=1S/C56H65N5O9.C25H31N3O6.C18H28N2O4S.C14H12N2O3/c1-8-38(4)50(54(65)69-36-46(43-28-20-37(3)21-29-43)44-30-32-45(33-31-44)61(67)68)60-53(64)49(34-41-18-14-11-15-19-41)58-52(63)48(57-51(62)47(9-2)59-55(66)70-56(5,6)7)35-42-26-24-40(25-27-42)23-22-39-16-12-10-13-17-39;1-7-17(3)21(26-24(30)33-25(4,5)6)23(29)34-27-22(18-10-8-16(2)9-11-18)19-12-14-20(15-13-19)28(31)32;1-13-6-8-15(9-7-13)23-16(21)19-12-14(10-11-25-5)20-17(22)24-18(2,3)4;1-10-2-4-11(5-3-10)14(15-17)12-6-8-13(9-7-12)16(18)19/h10-21,24-33,36,38,47-50H,8-9,22-23,34-35H2,1-7H3,(H,57,62)(H,58,63)(H,59,66)(H,60,64);8-15,17,21H,7H2,1-6H3,(H,26,30);6-9,14H,10-12H2,1-5H3,(H,19,21)(H,20,22);2-9,17H,1H3/b46-36-;27-22-;;15-14+/t38?,47-,48-,49-,50-;17?,21-;14-;/m000./s1. The van der Waals surface area contributed by atoms with E-state index in [2.05, 4.69) is 59.7 Å². The fourth-order valence-electron chi connectivity index (χ4n) is 14.2. The molecule has 0 fully saturated rings. The molecule has 0 aliphatic rings. The number of rotatable bonds is 40. The summed E-state index contributed by atoms with van der Waals surface area (Å²) in [6, 6.07) is 68.3. The number of esters is 1. The van der Waals surface area contributed by atoms with Gasteiger partial charge in [-0.05, 0) is 221 Å². The molecule has 34 nitrogen and oxygen atoms in total. The summed E-state index contributed by atoms with van der Waals surface area (Å²) in [7, 11) is 0. The van der Waals surface area contributed by atoms with Crippen molar-refractivity contribution in [2.24, 2.45) is 22.1 Å². The average molecular weight is 2050 g/mol. The third kappa shape index (κ3) is 42.0. The first-order chi connectivity index (χ1) is 70.1. The molecule has 0 saturated carbocycles. The van der Waals surface area contributed by atoms with Gasteiger partial charge in [0.25, 0.3) is 17.1 Å². The first-order valence-corrected chi connectivity index (χ1v) is 50.0. The van der Waals surface area contributed by atoms with Crippen molar-refractivity contribution in [3.63, 3.8) is 0 Å². The van der Waals surface area contributed by atoms with E-state index in [1.807, 2.05) is 212 Å². The van der Waals surface area contributed by atoms with Crippen LogP contribution < -0.4 is 42.0 Å². The fraction of sp³-hybridized carbons (Fsp3) is 0.354. The summed E-state index contributed by atoms with van der Waals surface area (Å²) in [6.45, 7) is 32.9. The number of carbonyl (C=O) groups excluding carboxylic acids is 9. The molecule has 0 aromatic heterocycles. The van der Waals surface area contributed by atoms with Crippen molar-refractivity contribution < 1.29 is 91.6 Å². The lowest BCUT2D eigenvalue weighted by atomic mass is 9.97. The van der Waals surface area contributed by atoms with E-state index in [1.54, 1.807) is 124 Å². The number of hydrogen-bond donors (Lipinski definition) is 8. The minimum atomic E-state index is -1.23. The summed E-state index contributed by atoms with van der Waals surface area (Å²) in [4.78, 5) is 156. The molecule has 10 rings (SSSR count). The van der Waals surface area contributed by atoms with Crippen LogP contribution in [0.4, 0.5) is 36.2 Å². The van der Waals surface area contributed by atoms with Crippen LogP contribution in [0, 0.1) is 69.9 Å². The smallest absolute Gasteiger partial charge is 0.412 e. The molecular weight excluding hydrogens is 1910 g/mol. The minimum Gasteiger partial charge on any atom is -0.444 e. The zero-order chi connectivity index (χ0) is 109. The average Bonchev–Trinajstić information content (AvgIpc) is 0.836. The van der Waals surface area contributed by atoms with Gasteiger partial charge in [0.1, 0.15) is 70.4 Å². The number of oxime groups is 2. The fourth-order valence-corrected chi connectivity index (χ4v) is 14.7. The molecule has 0 heterocycles. The van der Waals surface area contributed by atoms with Gasteiger partial charge in [-0.25, -0.2) is 28.8 Å². The number of aryl methyl sites for hydroxylation is 6. The topological polar surface area (TPSA) is 468 Å². The number of amides is 7. The van der Waals surface area contributed by atoms with Crippen molar-refractivity contribution in [3.8, 4) is 5.75 Å². The molecule has 0 radical (unpaired) electrons. The van der Waals surface area contributed by atoms with Crippen LogP contribution in [0.25, 0.3) is 5.57 Å². The van der Waals surface area contributed by atoms with E-state index >= 15 is 0 Å². The number of thioether (sulfide) groups is 1. The zero-order valence-corrected chi connectivity index (χ0v) is 88.0. The first kappa shape index (κ1) is 119. The van der Waals surface area contributed by atoms with Crippen molar-refractivity contribution >= 4 is 99.9 Å². The van der Waals surface area contributed by atoms with Gasteiger partial charge in [-0.3, -0.25) is 44.7 Å². The highest BCUT2D eigenvalue weighted by Gasteiger charge is 2.36. The zero-order valence-electron chi connectivity index (χ0n) is 87.2. The summed E-state index contributed by atoms with van der Waals surface area (Å²) in [5.41, 5.74) is 10.7. The Morgan fingerprint density at radius 2 is 0.743 bits per heavy atom. The van der Waals surface area contributed by atoms with Crippen LogP contribution in [0.3, 0.4) is 0 Å². The van der Waals surface area contributed by atoms with Crippen molar-refractivity contribution in [2.45, 2.75) is 229 Å². The Labute approximate surface area is 868 Å². The highest BCUT2D eigenvalue weighted by molar-refractivity contribution is 7.98. The second-order valence-electron chi connectivity index (χ2n) is 38.3. The maximum atomic E-state index is 14.6. The predicted octanol–water partition coefficient (Wildman–Crippen LogP) is 20.9. The SMILES string of the molecule is CCC(C)[C@H](NC(=O)OC(C)(C)C)C(=O)O/N=C(/c1ccc(C)cc1)c1ccc([N+](=O)[O-])cc1.CCC(C)[C@H](NC(=O)[C@H](Cc1ccccc1)NC(=O)[C@H](Cc1ccc(CCc2ccccc2)cc1)NC(=O)[C@H](CC)NC(=O)OC(C)(C)C)C(=O)O/C=C(/c1ccc(C)cc1)c1ccc([N+](=O)[O-])cc1.CSCC[C@@H](CNC(=O)Oc1ccc(C)cc1)NC(=O)OC(C)(C)C.Cc1ccc(/C(=N\O)c2ccc([N+](=O)[O-])cc2)cc1. The maximum Gasteiger partial charge on any atom is 0.412 e. The number of benzene rings is 10. The summed E-state index contributed by atoms with van der Waals surface area (Å²) in [5, 5.41) is 68.8. The Bertz CT molecular complexity index is 6120. The molecule has 8 atom stereocenters. The number of nitro benzene ring substituents is 3. The number of nitrogens with zero attached hydrogens (tertiary/aromatic N) is 5. The van der Waals surface area contributed by atoms with E-state index in [0.29, 0.717) is 69.8 Å². The molecular formula is C113H136N12O22S. The van der Waals surface area contributed by atoms with Crippen LogP contribution in [0.5, 0.6) is 5.75 Å². The van der Waals surface area contributed by atoms with E-state index in [9.17, 15) is 73.5 Å². The number of non-ortho nitro benzene ring substituents is 3. The van der Waals surface area contributed by atoms with E-state index in [-0.39, 0.29) is 54.8 Å². The van der Waals surface area contributed by atoms with Crippen LogP contribution >= 0.6 is 11.8 Å². The monoisotopic (exact) mass is 2040 g/mol. The normalized spacial score (nSPS) is 13.1. The second-order valence-corrected chi connectivity index (χ2v) is 39.3. The molecule has 8 N–H and O–H groups in total. The Morgan fingerprint density at radius 3 is 1.14 bits per heavy atom. The molecule has 10 aromatic rings. The lowest BCUT2D eigenvalue weighted by molar-refractivity contribution is -0.385. The van der Waals surface area contributed by atoms with Crippen LogP contribution in [-0.2, 0) is 73.4 Å². The molecule has 0 spiro atoms. The van der Waals surface area contributed by atoms with Crippen LogP contribution in [-0.4, -0.2) is 157 Å². The molecule has 35 heteroatoms. The quantitative estimate of drug-likeness (QED) is 0.00258. The van der Waals surface area contributed by atoms with Crippen LogP contribution in [0.2, 0.25) is 0 Å². The first-order valence-electron chi connectivity index (χ1n) is 48.6. The van der Waals surface area contributed by atoms with Crippen LogP contribution in [0.1, 0.15) is 201 Å². The summed E-state index contributed by atoms with van der Waals surface area (Å²) >= 11 is 1.67.